The van der Waals surface area contributed by atoms with Crippen LogP contribution in [0.5, 0.6) is 0 Å². The second kappa shape index (κ2) is 5.29. The molecule has 0 aliphatic heterocycles. The van der Waals surface area contributed by atoms with Gasteiger partial charge in [0, 0.05) is 5.54 Å². The van der Waals surface area contributed by atoms with Gasteiger partial charge in [-0.3, -0.25) is 0 Å². The predicted octanol–water partition coefficient (Wildman–Crippen LogP) is 4.64. The Kier molecular flexibility index (Phi) is 5.25. The molecule has 2 heteroatoms. The first kappa shape index (κ1) is 14.9. The Hall–Kier alpha value is -0.113. The standard InChI is InChI=1S/C13H28OSi/c1-8-9-10-12(11(2)14)15(6,7)13(3,4)5/h12H,8-10H2,1-7H3/t12-/m0/s1. The molecule has 0 rings (SSSR count). The average Bonchev–Trinajstić information content (AvgIpc) is 2.01. The summed E-state index contributed by atoms with van der Waals surface area (Å²) in [6.07, 6.45) is 3.48. The summed E-state index contributed by atoms with van der Waals surface area (Å²) in [4.78, 5) is 11.8. The zero-order chi connectivity index (χ0) is 12.3. The molecule has 0 N–H and O–H groups in total. The first-order valence-electron chi connectivity index (χ1n) is 6.15. The fraction of sp³-hybridized carbons (Fsp3) is 0.923. The smallest absolute Gasteiger partial charge is 0.130 e. The van der Waals surface area contributed by atoms with Crippen LogP contribution in [-0.4, -0.2) is 13.9 Å². The van der Waals surface area contributed by atoms with Crippen molar-refractivity contribution in [1.29, 1.82) is 0 Å². The highest BCUT2D eigenvalue weighted by molar-refractivity contribution is 6.84. The van der Waals surface area contributed by atoms with Crippen molar-refractivity contribution >= 4 is 13.9 Å². The van der Waals surface area contributed by atoms with E-state index < -0.39 is 8.07 Å². The molecule has 0 aromatic heterocycles. The molecule has 0 bridgehead atoms. The van der Waals surface area contributed by atoms with E-state index in [1.54, 1.807) is 6.92 Å². The molecule has 0 aromatic rings. The topological polar surface area (TPSA) is 17.1 Å². The van der Waals surface area contributed by atoms with Crippen molar-refractivity contribution in [3.05, 3.63) is 0 Å². The molecule has 0 aromatic carbocycles. The van der Waals surface area contributed by atoms with Crippen LogP contribution in [0.25, 0.3) is 0 Å². The van der Waals surface area contributed by atoms with E-state index in [0.717, 1.165) is 6.42 Å². The van der Waals surface area contributed by atoms with Gasteiger partial charge < -0.3 is 4.79 Å². The summed E-state index contributed by atoms with van der Waals surface area (Å²) in [5.41, 5.74) is 0.345. The lowest BCUT2D eigenvalue weighted by molar-refractivity contribution is -0.117. The quantitative estimate of drug-likeness (QED) is 0.626. The molecule has 0 spiro atoms. The van der Waals surface area contributed by atoms with Gasteiger partial charge in [0.1, 0.15) is 5.78 Å². The maximum absolute atomic E-state index is 11.8. The second-order valence-electron chi connectivity index (χ2n) is 6.28. The van der Waals surface area contributed by atoms with Gasteiger partial charge in [0.15, 0.2) is 0 Å². The van der Waals surface area contributed by atoms with Crippen molar-refractivity contribution in [3.63, 3.8) is 0 Å². The summed E-state index contributed by atoms with van der Waals surface area (Å²) < 4.78 is 0. The molecule has 1 nitrogen and oxygen atoms in total. The minimum Gasteiger partial charge on any atom is -0.300 e. The van der Waals surface area contributed by atoms with Crippen molar-refractivity contribution in [2.24, 2.45) is 0 Å². The first-order chi connectivity index (χ1) is 6.64. The van der Waals surface area contributed by atoms with Crippen molar-refractivity contribution in [1.82, 2.24) is 0 Å². The number of ketones is 1. The van der Waals surface area contributed by atoms with Crippen LogP contribution >= 0.6 is 0 Å². The Morgan fingerprint density at radius 2 is 1.73 bits per heavy atom. The van der Waals surface area contributed by atoms with Crippen LogP contribution < -0.4 is 0 Å². The van der Waals surface area contributed by atoms with Crippen LogP contribution in [-0.2, 0) is 4.79 Å². The molecule has 0 fully saturated rings. The van der Waals surface area contributed by atoms with Gasteiger partial charge in [-0.25, -0.2) is 0 Å². The Morgan fingerprint density at radius 3 is 2.00 bits per heavy atom. The largest absolute Gasteiger partial charge is 0.300 e. The summed E-state index contributed by atoms with van der Waals surface area (Å²) >= 11 is 0. The van der Waals surface area contributed by atoms with E-state index in [-0.39, 0.29) is 0 Å². The van der Waals surface area contributed by atoms with Crippen LogP contribution in [0, 0.1) is 0 Å². The number of carbonyl (C=O) groups is 1. The minimum atomic E-state index is -1.48. The number of unbranched alkanes of at least 4 members (excludes halogenated alkanes) is 1. The Balaban J connectivity index is 4.82. The van der Waals surface area contributed by atoms with Gasteiger partial charge in [-0.05, 0) is 18.4 Å². The monoisotopic (exact) mass is 228 g/mol. The lowest BCUT2D eigenvalue weighted by atomic mass is 10.1. The third-order valence-corrected chi connectivity index (χ3v) is 10.4. The first-order valence-corrected chi connectivity index (χ1v) is 9.22. The summed E-state index contributed by atoms with van der Waals surface area (Å²) in [7, 11) is -1.48. The summed E-state index contributed by atoms with van der Waals surface area (Å²) in [6.45, 7) is 15.6. The Morgan fingerprint density at radius 1 is 1.27 bits per heavy atom. The molecule has 0 amide bonds. The molecule has 0 aliphatic carbocycles. The summed E-state index contributed by atoms with van der Waals surface area (Å²) in [5, 5.41) is 0.317. The third-order valence-electron chi connectivity index (χ3n) is 4.14. The molecule has 0 unspecified atom stereocenters. The van der Waals surface area contributed by atoms with E-state index in [1.807, 2.05) is 0 Å². The molecule has 0 aliphatic rings. The van der Waals surface area contributed by atoms with Crippen LogP contribution in [0.1, 0.15) is 53.9 Å². The summed E-state index contributed by atoms with van der Waals surface area (Å²) in [5.74, 6) is 0.412. The van der Waals surface area contributed by atoms with Crippen molar-refractivity contribution < 1.29 is 4.79 Å². The lowest BCUT2D eigenvalue weighted by Crippen LogP contribution is -2.44. The normalized spacial score (nSPS) is 15.1. The third kappa shape index (κ3) is 3.75. The molecule has 0 saturated carbocycles. The number of Topliss-reactive ketones (excluding diaryl/α,β-unsaturated/α-hetero) is 1. The average molecular weight is 228 g/mol. The molecule has 90 valence electrons. The maximum atomic E-state index is 11.8. The van der Waals surface area contributed by atoms with Gasteiger partial charge in [0.05, 0.1) is 8.07 Å². The zero-order valence-electron chi connectivity index (χ0n) is 11.6. The number of rotatable bonds is 5. The van der Waals surface area contributed by atoms with E-state index in [1.165, 1.54) is 12.8 Å². The highest BCUT2D eigenvalue weighted by Gasteiger charge is 2.43. The number of carbonyl (C=O) groups excluding carboxylic acids is 1. The molecule has 0 heterocycles. The molecule has 1 atom stereocenters. The zero-order valence-corrected chi connectivity index (χ0v) is 12.6. The van der Waals surface area contributed by atoms with Crippen molar-refractivity contribution in [2.75, 3.05) is 0 Å². The number of hydrogen-bond acceptors (Lipinski definition) is 1. The minimum absolute atomic E-state index is 0.317. The van der Waals surface area contributed by atoms with Gasteiger partial charge >= 0.3 is 0 Å². The maximum Gasteiger partial charge on any atom is 0.130 e. The van der Waals surface area contributed by atoms with Crippen molar-refractivity contribution in [3.8, 4) is 0 Å². The van der Waals surface area contributed by atoms with E-state index in [4.69, 9.17) is 0 Å². The number of hydrogen-bond donors (Lipinski definition) is 0. The predicted molar refractivity (Wildman–Crippen MR) is 71.2 cm³/mol. The van der Waals surface area contributed by atoms with E-state index >= 15 is 0 Å². The SMILES string of the molecule is CCCC[C@@H](C(C)=O)[Si](C)(C)C(C)(C)C. The molecule has 15 heavy (non-hydrogen) atoms. The van der Waals surface area contributed by atoms with Gasteiger partial charge in [-0.15, -0.1) is 0 Å². The highest BCUT2D eigenvalue weighted by Crippen LogP contribution is 2.45. The fourth-order valence-electron chi connectivity index (χ4n) is 2.00. The van der Waals surface area contributed by atoms with Crippen LogP contribution in [0.15, 0.2) is 0 Å². The van der Waals surface area contributed by atoms with Gasteiger partial charge in [-0.1, -0.05) is 53.6 Å². The summed E-state index contributed by atoms with van der Waals surface area (Å²) in [6, 6.07) is 0. The Bertz CT molecular complexity index is 213. The fourth-order valence-corrected chi connectivity index (χ4v) is 4.99. The van der Waals surface area contributed by atoms with E-state index in [2.05, 4.69) is 40.8 Å². The van der Waals surface area contributed by atoms with Gasteiger partial charge in [0.25, 0.3) is 0 Å². The van der Waals surface area contributed by atoms with Crippen LogP contribution in [0.3, 0.4) is 0 Å². The Labute approximate surface area is 96.7 Å². The second-order valence-corrected chi connectivity index (χ2v) is 11.9. The van der Waals surface area contributed by atoms with Crippen LogP contribution in [0.2, 0.25) is 23.7 Å². The molecular weight excluding hydrogens is 200 g/mol. The van der Waals surface area contributed by atoms with E-state index in [0.29, 0.717) is 16.4 Å². The van der Waals surface area contributed by atoms with Crippen molar-refractivity contribution in [2.45, 2.75) is 77.6 Å². The van der Waals surface area contributed by atoms with Gasteiger partial charge in [0.2, 0.25) is 0 Å². The molecule has 0 radical (unpaired) electrons. The van der Waals surface area contributed by atoms with E-state index in [9.17, 15) is 4.79 Å². The molecular formula is C13H28OSi. The molecule has 0 saturated heterocycles. The van der Waals surface area contributed by atoms with Crippen LogP contribution in [0.4, 0.5) is 0 Å². The highest BCUT2D eigenvalue weighted by atomic mass is 28.3. The van der Waals surface area contributed by atoms with Gasteiger partial charge in [-0.2, -0.15) is 0 Å². The lowest BCUT2D eigenvalue weighted by Gasteiger charge is -2.42.